The number of aromatic nitrogens is 2. The molecule has 1 heterocycles. The van der Waals surface area contributed by atoms with Crippen LogP contribution in [0.3, 0.4) is 0 Å². The lowest BCUT2D eigenvalue weighted by molar-refractivity contribution is -0.142. The summed E-state index contributed by atoms with van der Waals surface area (Å²) < 4.78 is 39.7. The Balaban J connectivity index is 2.20. The van der Waals surface area contributed by atoms with Crippen molar-refractivity contribution in [1.29, 1.82) is 0 Å². The van der Waals surface area contributed by atoms with E-state index in [-0.39, 0.29) is 16.2 Å². The van der Waals surface area contributed by atoms with Crippen molar-refractivity contribution in [2.24, 2.45) is 0 Å². The second kappa shape index (κ2) is 6.96. The summed E-state index contributed by atoms with van der Waals surface area (Å²) in [6.45, 7) is 4.81. The van der Waals surface area contributed by atoms with Crippen LogP contribution in [0.2, 0.25) is 0 Å². The van der Waals surface area contributed by atoms with Crippen LogP contribution in [0.1, 0.15) is 42.9 Å². The van der Waals surface area contributed by atoms with Gasteiger partial charge in [0.2, 0.25) is 5.91 Å². The van der Waals surface area contributed by atoms with E-state index in [0.29, 0.717) is 0 Å². The molecule has 0 saturated carbocycles. The standard InChI is InChI=1S/C16H17BrF3N3O/c1-9(12-7-5-4-6-8-12)21-15(24)11(3)23-10(2)13(17)14(22-23)16(18,19)20/h4-9,11H,1-3H3,(H,21,24). The van der Waals surface area contributed by atoms with Crippen molar-refractivity contribution in [3.8, 4) is 0 Å². The second-order valence-electron chi connectivity index (χ2n) is 5.51. The van der Waals surface area contributed by atoms with E-state index in [9.17, 15) is 18.0 Å². The second-order valence-corrected chi connectivity index (χ2v) is 6.30. The molecule has 1 N–H and O–H groups in total. The molecule has 2 atom stereocenters. The number of nitrogens with zero attached hydrogens (tertiary/aromatic N) is 2. The fourth-order valence-electron chi connectivity index (χ4n) is 2.33. The fraction of sp³-hybridized carbons (Fsp3) is 0.375. The number of benzene rings is 1. The van der Waals surface area contributed by atoms with Crippen LogP contribution in [-0.4, -0.2) is 15.7 Å². The zero-order chi connectivity index (χ0) is 18.1. The highest BCUT2D eigenvalue weighted by Gasteiger charge is 2.39. The topological polar surface area (TPSA) is 46.9 Å². The van der Waals surface area contributed by atoms with Gasteiger partial charge in [0.1, 0.15) is 6.04 Å². The van der Waals surface area contributed by atoms with E-state index in [1.54, 1.807) is 0 Å². The number of halogens is 4. The molecule has 0 fully saturated rings. The van der Waals surface area contributed by atoms with E-state index < -0.39 is 23.8 Å². The summed E-state index contributed by atoms with van der Waals surface area (Å²) >= 11 is 2.91. The zero-order valence-corrected chi connectivity index (χ0v) is 14.9. The smallest absolute Gasteiger partial charge is 0.348 e. The summed E-state index contributed by atoms with van der Waals surface area (Å²) in [5, 5.41) is 6.36. The molecule has 8 heteroatoms. The third-order valence-electron chi connectivity index (χ3n) is 3.75. The normalized spacial score (nSPS) is 14.3. The van der Waals surface area contributed by atoms with Gasteiger partial charge < -0.3 is 5.32 Å². The van der Waals surface area contributed by atoms with Gasteiger partial charge in [0, 0.05) is 0 Å². The first kappa shape index (κ1) is 18.5. The van der Waals surface area contributed by atoms with Crippen LogP contribution in [0.15, 0.2) is 34.8 Å². The molecule has 130 valence electrons. The van der Waals surface area contributed by atoms with Crippen molar-refractivity contribution in [1.82, 2.24) is 15.1 Å². The zero-order valence-electron chi connectivity index (χ0n) is 13.4. The third-order valence-corrected chi connectivity index (χ3v) is 4.70. The Morgan fingerprint density at radius 1 is 1.25 bits per heavy atom. The van der Waals surface area contributed by atoms with Crippen LogP contribution >= 0.6 is 15.9 Å². The Bertz CT molecular complexity index is 728. The van der Waals surface area contributed by atoms with Crippen LogP contribution in [0, 0.1) is 6.92 Å². The summed E-state index contributed by atoms with van der Waals surface area (Å²) in [7, 11) is 0. The highest BCUT2D eigenvalue weighted by molar-refractivity contribution is 9.10. The molecular weight excluding hydrogens is 387 g/mol. The first-order valence-electron chi connectivity index (χ1n) is 7.30. The van der Waals surface area contributed by atoms with Gasteiger partial charge in [-0.25, -0.2) is 0 Å². The van der Waals surface area contributed by atoms with E-state index in [1.807, 2.05) is 37.3 Å². The molecule has 0 radical (unpaired) electrons. The molecular formula is C16H17BrF3N3O. The highest BCUT2D eigenvalue weighted by Crippen LogP contribution is 2.36. The lowest BCUT2D eigenvalue weighted by Gasteiger charge is -2.19. The molecule has 0 spiro atoms. The first-order chi connectivity index (χ1) is 11.1. The van der Waals surface area contributed by atoms with E-state index in [1.165, 1.54) is 13.8 Å². The predicted molar refractivity (Wildman–Crippen MR) is 87.4 cm³/mol. The predicted octanol–water partition coefficient (Wildman–Crippen LogP) is 4.41. The Hall–Kier alpha value is -1.83. The Morgan fingerprint density at radius 3 is 2.33 bits per heavy atom. The lowest BCUT2D eigenvalue weighted by atomic mass is 10.1. The van der Waals surface area contributed by atoms with E-state index >= 15 is 0 Å². The van der Waals surface area contributed by atoms with Gasteiger partial charge in [0.15, 0.2) is 5.69 Å². The SMILES string of the molecule is Cc1c(Br)c(C(F)(F)F)nn1C(C)C(=O)NC(C)c1ccccc1. The van der Waals surface area contributed by atoms with Gasteiger partial charge in [0.25, 0.3) is 0 Å². The molecule has 2 unspecified atom stereocenters. The number of rotatable bonds is 4. The van der Waals surface area contributed by atoms with Crippen molar-refractivity contribution in [2.45, 2.75) is 39.0 Å². The maximum Gasteiger partial charge on any atom is 0.436 e. The van der Waals surface area contributed by atoms with Crippen molar-refractivity contribution in [3.63, 3.8) is 0 Å². The van der Waals surface area contributed by atoms with Crippen molar-refractivity contribution in [3.05, 3.63) is 51.8 Å². The van der Waals surface area contributed by atoms with Gasteiger partial charge in [-0.15, -0.1) is 0 Å². The number of alkyl halides is 3. The van der Waals surface area contributed by atoms with E-state index in [4.69, 9.17) is 0 Å². The Labute approximate surface area is 146 Å². The lowest BCUT2D eigenvalue weighted by Crippen LogP contribution is -2.34. The van der Waals surface area contributed by atoms with Gasteiger partial charge in [-0.3, -0.25) is 9.48 Å². The van der Waals surface area contributed by atoms with E-state index in [0.717, 1.165) is 10.2 Å². The average Bonchev–Trinajstić information content (AvgIpc) is 2.83. The first-order valence-corrected chi connectivity index (χ1v) is 8.09. The molecule has 24 heavy (non-hydrogen) atoms. The Kier molecular flexibility index (Phi) is 5.37. The van der Waals surface area contributed by atoms with Crippen LogP contribution in [0.25, 0.3) is 0 Å². The molecule has 0 aliphatic rings. The summed E-state index contributed by atoms with van der Waals surface area (Å²) in [4.78, 5) is 12.4. The van der Waals surface area contributed by atoms with Crippen molar-refractivity contribution in [2.75, 3.05) is 0 Å². The monoisotopic (exact) mass is 403 g/mol. The minimum absolute atomic E-state index is 0.147. The van der Waals surface area contributed by atoms with Crippen LogP contribution < -0.4 is 5.32 Å². The fourth-order valence-corrected chi connectivity index (χ4v) is 2.81. The van der Waals surface area contributed by atoms with Gasteiger partial charge in [0.05, 0.1) is 16.2 Å². The number of amides is 1. The molecule has 0 saturated heterocycles. The van der Waals surface area contributed by atoms with Gasteiger partial charge in [-0.1, -0.05) is 30.3 Å². The molecule has 0 aliphatic carbocycles. The number of carbonyl (C=O) groups excluding carboxylic acids is 1. The Morgan fingerprint density at radius 2 is 1.83 bits per heavy atom. The maximum absolute atomic E-state index is 12.9. The van der Waals surface area contributed by atoms with E-state index in [2.05, 4.69) is 26.3 Å². The number of hydrogen-bond acceptors (Lipinski definition) is 2. The number of carbonyl (C=O) groups is 1. The third kappa shape index (κ3) is 3.80. The number of hydrogen-bond donors (Lipinski definition) is 1. The summed E-state index contributed by atoms with van der Waals surface area (Å²) in [6, 6.07) is 8.17. The highest BCUT2D eigenvalue weighted by atomic mass is 79.9. The summed E-state index contributed by atoms with van der Waals surface area (Å²) in [5.41, 5.74) is 0.125. The maximum atomic E-state index is 12.9. The van der Waals surface area contributed by atoms with Gasteiger partial charge in [-0.05, 0) is 42.3 Å². The molecule has 0 aliphatic heterocycles. The van der Waals surface area contributed by atoms with Crippen LogP contribution in [-0.2, 0) is 11.0 Å². The molecule has 1 aromatic carbocycles. The molecule has 0 bridgehead atoms. The molecule has 1 aromatic heterocycles. The molecule has 2 rings (SSSR count). The van der Waals surface area contributed by atoms with Gasteiger partial charge >= 0.3 is 6.18 Å². The van der Waals surface area contributed by atoms with Gasteiger partial charge in [-0.2, -0.15) is 18.3 Å². The minimum Gasteiger partial charge on any atom is -0.348 e. The minimum atomic E-state index is -4.58. The molecule has 1 amide bonds. The largest absolute Gasteiger partial charge is 0.436 e. The molecule has 2 aromatic rings. The summed E-state index contributed by atoms with van der Waals surface area (Å²) in [5.74, 6) is -0.404. The van der Waals surface area contributed by atoms with Crippen molar-refractivity contribution < 1.29 is 18.0 Å². The van der Waals surface area contributed by atoms with Crippen LogP contribution in [0.4, 0.5) is 13.2 Å². The summed E-state index contributed by atoms with van der Waals surface area (Å²) in [6.07, 6.45) is -4.58. The molecule has 4 nitrogen and oxygen atoms in total. The quantitative estimate of drug-likeness (QED) is 0.821. The average molecular weight is 404 g/mol. The van der Waals surface area contributed by atoms with Crippen molar-refractivity contribution >= 4 is 21.8 Å². The number of nitrogens with one attached hydrogen (secondary N) is 1. The van der Waals surface area contributed by atoms with Crippen LogP contribution in [0.5, 0.6) is 0 Å².